The minimum absolute atomic E-state index is 0.458. The van der Waals surface area contributed by atoms with E-state index in [1.54, 1.807) is 0 Å². The Kier molecular flexibility index (Phi) is 4.40. The number of carboxylic acid groups (broad SMARTS) is 1. The summed E-state index contributed by atoms with van der Waals surface area (Å²) >= 11 is 0. The first-order valence-corrected chi connectivity index (χ1v) is 4.92. The molecular weight excluding hydrogens is 234 g/mol. The Hall–Kier alpha value is -1.22. The Morgan fingerprint density at radius 2 is 1.88 bits per heavy atom. The lowest BCUT2D eigenvalue weighted by Gasteiger charge is -2.40. The predicted octanol–water partition coefficient (Wildman–Crippen LogP) is -2.33. The lowest BCUT2D eigenvalue weighted by molar-refractivity contribution is -0.257. The maximum atomic E-state index is 10.9. The van der Waals surface area contributed by atoms with Crippen molar-refractivity contribution in [3.63, 3.8) is 0 Å². The molecule has 0 aromatic heterocycles. The molecular formula is C9H15NO7. The molecule has 8 nitrogen and oxygen atoms in total. The smallest absolute Gasteiger partial charge is 0.335 e. The number of rotatable bonds is 3. The molecule has 1 rings (SSSR count). The van der Waals surface area contributed by atoms with Gasteiger partial charge in [-0.2, -0.15) is 0 Å². The van der Waals surface area contributed by atoms with Gasteiger partial charge in [-0.1, -0.05) is 0 Å². The standard InChI is InChI=1S/C9H15NO7/c1-3(11)10-4-5(12)6(13)7(8(14)15)17-9(4)16-2/h4-7,9,12-13H,1-2H3,(H,10,11)(H,14,15)/t4-,5-,6-,7-,9-/m1/s1. The summed E-state index contributed by atoms with van der Waals surface area (Å²) in [6.45, 7) is 1.22. The topological polar surface area (TPSA) is 125 Å². The van der Waals surface area contributed by atoms with Crippen molar-refractivity contribution < 1.29 is 34.4 Å². The van der Waals surface area contributed by atoms with Crippen LogP contribution in [0.3, 0.4) is 0 Å². The second-order valence-corrected chi connectivity index (χ2v) is 3.71. The van der Waals surface area contributed by atoms with Gasteiger partial charge in [0.2, 0.25) is 5.91 Å². The third-order valence-corrected chi connectivity index (χ3v) is 2.45. The summed E-state index contributed by atoms with van der Waals surface area (Å²) < 4.78 is 9.78. The van der Waals surface area contributed by atoms with Crippen LogP contribution in [0.5, 0.6) is 0 Å². The predicted molar refractivity (Wildman–Crippen MR) is 52.9 cm³/mol. The molecule has 1 amide bonds. The third-order valence-electron chi connectivity index (χ3n) is 2.45. The van der Waals surface area contributed by atoms with Crippen molar-refractivity contribution in [3.8, 4) is 0 Å². The van der Waals surface area contributed by atoms with E-state index in [0.717, 1.165) is 0 Å². The normalized spacial score (nSPS) is 37.5. The van der Waals surface area contributed by atoms with Crippen molar-refractivity contribution in [1.82, 2.24) is 5.32 Å². The van der Waals surface area contributed by atoms with E-state index in [-0.39, 0.29) is 0 Å². The van der Waals surface area contributed by atoms with E-state index >= 15 is 0 Å². The minimum atomic E-state index is -1.64. The third kappa shape index (κ3) is 2.91. The van der Waals surface area contributed by atoms with E-state index in [4.69, 9.17) is 14.6 Å². The van der Waals surface area contributed by atoms with Gasteiger partial charge >= 0.3 is 5.97 Å². The van der Waals surface area contributed by atoms with Crippen molar-refractivity contribution in [2.45, 2.75) is 37.6 Å². The largest absolute Gasteiger partial charge is 0.479 e. The fraction of sp³-hybridized carbons (Fsp3) is 0.778. The highest BCUT2D eigenvalue weighted by Gasteiger charge is 2.48. The van der Waals surface area contributed by atoms with Crippen molar-refractivity contribution in [3.05, 3.63) is 0 Å². The Bertz CT molecular complexity index is 306. The molecule has 4 N–H and O–H groups in total. The second kappa shape index (κ2) is 5.41. The fourth-order valence-corrected chi connectivity index (χ4v) is 1.66. The quantitative estimate of drug-likeness (QED) is 0.442. The van der Waals surface area contributed by atoms with Crippen LogP contribution in [0.2, 0.25) is 0 Å². The number of methoxy groups -OCH3 is 1. The molecule has 1 aliphatic rings. The number of ether oxygens (including phenoxy) is 2. The molecule has 1 aliphatic heterocycles. The van der Waals surface area contributed by atoms with Crippen LogP contribution in [0.4, 0.5) is 0 Å². The van der Waals surface area contributed by atoms with E-state index in [0.29, 0.717) is 0 Å². The van der Waals surface area contributed by atoms with Gasteiger partial charge in [-0.05, 0) is 0 Å². The van der Waals surface area contributed by atoms with Crippen molar-refractivity contribution in [2.24, 2.45) is 0 Å². The summed E-state index contributed by atoms with van der Waals surface area (Å²) in [6, 6.07) is -1.02. The van der Waals surface area contributed by atoms with E-state index in [1.165, 1.54) is 14.0 Å². The van der Waals surface area contributed by atoms with Crippen LogP contribution in [-0.2, 0) is 19.1 Å². The van der Waals surface area contributed by atoms with Crippen LogP contribution in [0.25, 0.3) is 0 Å². The fourth-order valence-electron chi connectivity index (χ4n) is 1.66. The van der Waals surface area contributed by atoms with Crippen LogP contribution < -0.4 is 5.32 Å². The van der Waals surface area contributed by atoms with Gasteiger partial charge in [0, 0.05) is 14.0 Å². The summed E-state index contributed by atoms with van der Waals surface area (Å²) in [4.78, 5) is 21.7. The Labute approximate surface area is 97.1 Å². The first kappa shape index (κ1) is 13.8. The van der Waals surface area contributed by atoms with Crippen LogP contribution in [0.1, 0.15) is 6.92 Å². The molecule has 0 aliphatic carbocycles. The highest BCUT2D eigenvalue weighted by molar-refractivity contribution is 5.74. The first-order valence-electron chi connectivity index (χ1n) is 4.92. The van der Waals surface area contributed by atoms with E-state index in [2.05, 4.69) is 5.32 Å². The molecule has 0 spiro atoms. The molecule has 98 valence electrons. The highest BCUT2D eigenvalue weighted by atomic mass is 16.7. The van der Waals surface area contributed by atoms with Gasteiger partial charge in [0.25, 0.3) is 0 Å². The van der Waals surface area contributed by atoms with Crippen molar-refractivity contribution >= 4 is 11.9 Å². The summed E-state index contributed by atoms with van der Waals surface area (Å²) in [5.41, 5.74) is 0. The molecule has 1 heterocycles. The van der Waals surface area contributed by atoms with E-state index in [1.807, 2.05) is 0 Å². The molecule has 1 saturated heterocycles. The number of aliphatic hydroxyl groups is 2. The first-order chi connectivity index (χ1) is 7.88. The minimum Gasteiger partial charge on any atom is -0.479 e. The summed E-state index contributed by atoms with van der Waals surface area (Å²) in [5, 5.41) is 30.4. The zero-order valence-corrected chi connectivity index (χ0v) is 9.36. The Morgan fingerprint density at radius 1 is 1.29 bits per heavy atom. The number of nitrogens with one attached hydrogen (secondary N) is 1. The molecule has 1 fully saturated rings. The second-order valence-electron chi connectivity index (χ2n) is 3.71. The Balaban J connectivity index is 2.86. The molecule has 0 bridgehead atoms. The molecule has 17 heavy (non-hydrogen) atoms. The van der Waals surface area contributed by atoms with Gasteiger partial charge in [-0.25, -0.2) is 4.79 Å². The van der Waals surface area contributed by atoms with E-state index < -0.39 is 42.5 Å². The Morgan fingerprint density at radius 3 is 2.29 bits per heavy atom. The number of carbonyl (C=O) groups excluding carboxylic acids is 1. The number of aliphatic hydroxyl groups excluding tert-OH is 2. The molecule has 0 saturated carbocycles. The van der Waals surface area contributed by atoms with Crippen molar-refractivity contribution in [2.75, 3.05) is 7.11 Å². The highest BCUT2D eigenvalue weighted by Crippen LogP contribution is 2.21. The maximum Gasteiger partial charge on any atom is 0.335 e. The zero-order valence-electron chi connectivity index (χ0n) is 9.36. The summed E-state index contributed by atoms with van der Waals surface area (Å²) in [5.74, 6) is -1.87. The summed E-state index contributed by atoms with van der Waals surface area (Å²) in [6.07, 6.45) is -5.87. The van der Waals surface area contributed by atoms with Gasteiger partial charge < -0.3 is 30.1 Å². The summed E-state index contributed by atoms with van der Waals surface area (Å²) in [7, 11) is 1.24. The van der Waals surface area contributed by atoms with E-state index in [9.17, 15) is 19.8 Å². The average Bonchev–Trinajstić information content (AvgIpc) is 2.24. The molecule has 0 aromatic rings. The lowest BCUT2D eigenvalue weighted by Crippen LogP contribution is -2.65. The number of hydrogen-bond acceptors (Lipinski definition) is 6. The van der Waals surface area contributed by atoms with Crippen LogP contribution in [0, 0.1) is 0 Å². The SMILES string of the molecule is CO[C@@H]1O[C@@H](C(=O)O)[C@H](O)[C@H](O)[C@H]1NC(C)=O. The number of carbonyl (C=O) groups is 2. The van der Waals surface area contributed by atoms with Gasteiger partial charge in [-0.15, -0.1) is 0 Å². The molecule has 0 radical (unpaired) electrons. The molecule has 8 heteroatoms. The van der Waals surface area contributed by atoms with Gasteiger partial charge in [0.05, 0.1) is 0 Å². The molecule has 5 atom stereocenters. The van der Waals surface area contributed by atoms with Crippen LogP contribution in [-0.4, -0.2) is 64.9 Å². The van der Waals surface area contributed by atoms with Gasteiger partial charge in [0.15, 0.2) is 12.4 Å². The lowest BCUT2D eigenvalue weighted by atomic mass is 9.96. The van der Waals surface area contributed by atoms with Crippen LogP contribution >= 0.6 is 0 Å². The number of carboxylic acids is 1. The average molecular weight is 249 g/mol. The zero-order chi connectivity index (χ0) is 13.2. The van der Waals surface area contributed by atoms with Gasteiger partial charge in [0.1, 0.15) is 18.2 Å². The van der Waals surface area contributed by atoms with Crippen LogP contribution in [0.15, 0.2) is 0 Å². The molecule has 0 unspecified atom stereocenters. The van der Waals surface area contributed by atoms with Gasteiger partial charge in [-0.3, -0.25) is 4.79 Å². The maximum absolute atomic E-state index is 10.9. The monoisotopic (exact) mass is 249 g/mol. The number of hydrogen-bond donors (Lipinski definition) is 4. The number of aliphatic carboxylic acids is 1. The molecule has 0 aromatic carbocycles. The number of amides is 1. The van der Waals surface area contributed by atoms with Crippen molar-refractivity contribution in [1.29, 1.82) is 0 Å².